The second-order valence-corrected chi connectivity index (χ2v) is 6.21. The molecule has 0 aliphatic carbocycles. The van der Waals surface area contributed by atoms with Crippen LogP contribution in [0.3, 0.4) is 0 Å². The summed E-state index contributed by atoms with van der Waals surface area (Å²) < 4.78 is 0. The highest BCUT2D eigenvalue weighted by molar-refractivity contribution is 7.11. The van der Waals surface area contributed by atoms with E-state index in [1.807, 2.05) is 24.6 Å². The van der Waals surface area contributed by atoms with Gasteiger partial charge in [-0.3, -0.25) is 4.79 Å². The molecule has 0 saturated carbocycles. The number of carbonyl (C=O) groups is 1. The third-order valence-corrected chi connectivity index (χ3v) is 4.14. The molecular formula is C12H15N3OS2. The van der Waals surface area contributed by atoms with Crippen molar-refractivity contribution in [1.29, 1.82) is 0 Å². The van der Waals surface area contributed by atoms with Crippen molar-refractivity contribution >= 4 is 34.3 Å². The monoisotopic (exact) mass is 281 g/mol. The minimum Gasteiger partial charge on any atom is -0.325 e. The van der Waals surface area contributed by atoms with Gasteiger partial charge in [-0.25, -0.2) is 4.98 Å². The van der Waals surface area contributed by atoms with Gasteiger partial charge in [0.1, 0.15) is 0 Å². The number of amides is 1. The van der Waals surface area contributed by atoms with Crippen LogP contribution in [0.2, 0.25) is 0 Å². The number of anilines is 1. The summed E-state index contributed by atoms with van der Waals surface area (Å²) in [6.45, 7) is 5.09. The molecule has 0 aromatic carbocycles. The van der Waals surface area contributed by atoms with Crippen LogP contribution in [0.1, 0.15) is 21.7 Å². The Hall–Kier alpha value is -1.24. The molecule has 2 rings (SSSR count). The molecule has 0 aliphatic heterocycles. The van der Waals surface area contributed by atoms with E-state index >= 15 is 0 Å². The first-order chi connectivity index (χ1) is 8.65. The molecule has 0 unspecified atom stereocenters. The van der Waals surface area contributed by atoms with Crippen molar-refractivity contribution in [2.75, 3.05) is 5.32 Å². The summed E-state index contributed by atoms with van der Waals surface area (Å²) in [4.78, 5) is 17.6. The lowest BCUT2D eigenvalue weighted by molar-refractivity contribution is -0.114. The average molecular weight is 281 g/mol. The number of thiophene rings is 1. The Morgan fingerprint density at radius 2 is 2.28 bits per heavy atom. The number of hydrogen-bond donors (Lipinski definition) is 2. The molecule has 2 aromatic rings. The lowest BCUT2D eigenvalue weighted by Gasteiger charge is -2.05. The Labute approximate surface area is 114 Å². The first kappa shape index (κ1) is 13.2. The molecule has 2 heterocycles. The van der Waals surface area contributed by atoms with E-state index in [-0.39, 0.29) is 5.91 Å². The molecule has 4 nitrogen and oxygen atoms in total. The molecule has 18 heavy (non-hydrogen) atoms. The maximum absolute atomic E-state index is 11.0. The van der Waals surface area contributed by atoms with E-state index in [4.69, 9.17) is 0 Å². The molecule has 1 amide bonds. The van der Waals surface area contributed by atoms with Crippen LogP contribution in [0.25, 0.3) is 0 Å². The largest absolute Gasteiger partial charge is 0.325 e. The predicted octanol–water partition coefficient (Wildman–Crippen LogP) is 2.76. The van der Waals surface area contributed by atoms with Crippen LogP contribution in [-0.4, -0.2) is 10.9 Å². The fourth-order valence-corrected chi connectivity index (χ4v) is 3.13. The Kier molecular flexibility index (Phi) is 4.46. The summed E-state index contributed by atoms with van der Waals surface area (Å²) in [7, 11) is 0. The van der Waals surface area contributed by atoms with Gasteiger partial charge in [-0.15, -0.1) is 22.7 Å². The van der Waals surface area contributed by atoms with Crippen molar-refractivity contribution in [1.82, 2.24) is 10.3 Å². The number of aromatic nitrogens is 1. The number of nitrogens with zero attached hydrogens (tertiary/aromatic N) is 1. The van der Waals surface area contributed by atoms with Gasteiger partial charge < -0.3 is 10.6 Å². The van der Waals surface area contributed by atoms with Crippen molar-refractivity contribution in [3.63, 3.8) is 0 Å². The SMILES string of the molecule is CC(=O)Nc1ccsc1CNCc1cnc(C)s1. The highest BCUT2D eigenvalue weighted by Gasteiger charge is 2.05. The van der Waals surface area contributed by atoms with Crippen LogP contribution >= 0.6 is 22.7 Å². The van der Waals surface area contributed by atoms with Crippen LogP contribution in [0.5, 0.6) is 0 Å². The maximum atomic E-state index is 11.0. The van der Waals surface area contributed by atoms with Crippen molar-refractivity contribution < 1.29 is 4.79 Å². The summed E-state index contributed by atoms with van der Waals surface area (Å²) in [6.07, 6.45) is 1.90. The molecule has 0 fully saturated rings. The van der Waals surface area contributed by atoms with Gasteiger partial charge in [0, 0.05) is 36.0 Å². The van der Waals surface area contributed by atoms with Crippen molar-refractivity contribution in [2.45, 2.75) is 26.9 Å². The summed E-state index contributed by atoms with van der Waals surface area (Å²) in [6, 6.07) is 1.93. The lowest BCUT2D eigenvalue weighted by Crippen LogP contribution is -2.13. The first-order valence-electron chi connectivity index (χ1n) is 5.61. The quantitative estimate of drug-likeness (QED) is 0.886. The van der Waals surface area contributed by atoms with Crippen LogP contribution in [-0.2, 0) is 17.9 Å². The van der Waals surface area contributed by atoms with Crippen LogP contribution in [0.15, 0.2) is 17.6 Å². The zero-order valence-corrected chi connectivity index (χ0v) is 12.0. The molecule has 0 atom stereocenters. The minimum atomic E-state index is -0.0345. The minimum absolute atomic E-state index is 0.0345. The molecule has 0 bridgehead atoms. The summed E-state index contributed by atoms with van der Waals surface area (Å²) in [5.41, 5.74) is 0.903. The number of nitrogens with one attached hydrogen (secondary N) is 2. The second kappa shape index (κ2) is 6.08. The maximum Gasteiger partial charge on any atom is 0.221 e. The highest BCUT2D eigenvalue weighted by Crippen LogP contribution is 2.22. The first-order valence-corrected chi connectivity index (χ1v) is 7.31. The van der Waals surface area contributed by atoms with Gasteiger partial charge in [0.05, 0.1) is 10.7 Å². The topological polar surface area (TPSA) is 54.0 Å². The molecule has 2 aromatic heterocycles. The highest BCUT2D eigenvalue weighted by atomic mass is 32.1. The second-order valence-electron chi connectivity index (χ2n) is 3.89. The van der Waals surface area contributed by atoms with E-state index in [0.29, 0.717) is 0 Å². The molecule has 96 valence electrons. The molecule has 6 heteroatoms. The van der Waals surface area contributed by atoms with Gasteiger partial charge in [0.2, 0.25) is 5.91 Å². The Balaban J connectivity index is 1.86. The van der Waals surface area contributed by atoms with Gasteiger partial charge in [0.25, 0.3) is 0 Å². The van der Waals surface area contributed by atoms with E-state index in [2.05, 4.69) is 15.6 Å². The third-order valence-electron chi connectivity index (χ3n) is 2.31. The smallest absolute Gasteiger partial charge is 0.221 e. The van der Waals surface area contributed by atoms with Gasteiger partial charge in [-0.1, -0.05) is 0 Å². The average Bonchev–Trinajstić information content (AvgIpc) is 2.88. The van der Waals surface area contributed by atoms with E-state index < -0.39 is 0 Å². The predicted molar refractivity (Wildman–Crippen MR) is 76.0 cm³/mol. The summed E-state index contributed by atoms with van der Waals surface area (Å²) in [5.74, 6) is -0.0345. The lowest BCUT2D eigenvalue weighted by atomic mass is 10.3. The molecule has 0 spiro atoms. The number of hydrogen-bond acceptors (Lipinski definition) is 5. The number of aryl methyl sites for hydroxylation is 1. The van der Waals surface area contributed by atoms with E-state index in [1.165, 1.54) is 11.8 Å². The van der Waals surface area contributed by atoms with E-state index in [0.717, 1.165) is 28.7 Å². The summed E-state index contributed by atoms with van der Waals surface area (Å²) in [5, 5.41) is 9.26. The fourth-order valence-electron chi connectivity index (χ4n) is 1.56. The molecule has 0 saturated heterocycles. The molecule has 0 radical (unpaired) electrons. The Bertz CT molecular complexity index is 533. The zero-order chi connectivity index (χ0) is 13.0. The van der Waals surface area contributed by atoms with Crippen LogP contribution in [0.4, 0.5) is 5.69 Å². The molecular weight excluding hydrogens is 266 g/mol. The summed E-state index contributed by atoms with van der Waals surface area (Å²) >= 11 is 3.34. The normalized spacial score (nSPS) is 10.6. The molecule has 2 N–H and O–H groups in total. The number of rotatable bonds is 5. The zero-order valence-electron chi connectivity index (χ0n) is 10.3. The van der Waals surface area contributed by atoms with Crippen LogP contribution in [0, 0.1) is 6.92 Å². The van der Waals surface area contributed by atoms with E-state index in [1.54, 1.807) is 22.7 Å². The fraction of sp³-hybridized carbons (Fsp3) is 0.333. The van der Waals surface area contributed by atoms with Gasteiger partial charge in [-0.05, 0) is 18.4 Å². The van der Waals surface area contributed by atoms with E-state index in [9.17, 15) is 4.79 Å². The van der Waals surface area contributed by atoms with Crippen molar-refractivity contribution in [3.8, 4) is 0 Å². The Morgan fingerprint density at radius 1 is 1.44 bits per heavy atom. The standard InChI is InChI=1S/C12H15N3OS2/c1-8(16)15-11-3-4-17-12(11)7-13-5-10-6-14-9(2)18-10/h3-4,6,13H,5,7H2,1-2H3,(H,15,16). The molecule has 0 aliphatic rings. The number of carbonyl (C=O) groups excluding carboxylic acids is 1. The van der Waals surface area contributed by atoms with Crippen LogP contribution < -0.4 is 10.6 Å². The van der Waals surface area contributed by atoms with Crippen molar-refractivity contribution in [3.05, 3.63) is 32.4 Å². The third kappa shape index (κ3) is 3.63. The van der Waals surface area contributed by atoms with Gasteiger partial charge >= 0.3 is 0 Å². The van der Waals surface area contributed by atoms with Gasteiger partial charge in [0.15, 0.2) is 0 Å². The number of thiazole rings is 1. The Morgan fingerprint density at radius 3 is 2.94 bits per heavy atom. The van der Waals surface area contributed by atoms with Gasteiger partial charge in [-0.2, -0.15) is 0 Å². The van der Waals surface area contributed by atoms with Crippen molar-refractivity contribution in [2.24, 2.45) is 0 Å².